The molecule has 0 saturated carbocycles. The molecule has 5 rings (SSSR count). The van der Waals surface area contributed by atoms with Crippen LogP contribution in [-0.2, 0) is 12.8 Å². The van der Waals surface area contributed by atoms with Crippen LogP contribution < -0.4 is 9.80 Å². The fraction of sp³-hybridized carbons (Fsp3) is 0.357. The molecule has 2 aromatic carbocycles. The molecule has 6 heteroatoms. The highest BCUT2D eigenvalue weighted by Gasteiger charge is 2.23. The third kappa shape index (κ3) is 4.77. The number of piperazine rings is 1. The number of carbonyl (C=O) groups is 1. The van der Waals surface area contributed by atoms with Crippen LogP contribution in [0.1, 0.15) is 34.3 Å². The molecule has 0 atom stereocenters. The van der Waals surface area contributed by atoms with Crippen molar-refractivity contribution in [3.8, 4) is 0 Å². The molecule has 34 heavy (non-hydrogen) atoms. The van der Waals surface area contributed by atoms with Crippen molar-refractivity contribution in [1.82, 2.24) is 9.88 Å². The van der Waals surface area contributed by atoms with Gasteiger partial charge in [-0.1, -0.05) is 36.4 Å². The minimum Gasteiger partial charge on any atom is -0.478 e. The highest BCUT2D eigenvalue weighted by Crippen LogP contribution is 2.36. The number of anilines is 3. The highest BCUT2D eigenvalue weighted by atomic mass is 16.4. The number of aromatic nitrogens is 1. The van der Waals surface area contributed by atoms with E-state index in [1.807, 2.05) is 0 Å². The number of para-hydroxylation sites is 2. The van der Waals surface area contributed by atoms with E-state index >= 15 is 0 Å². The number of nitrogens with zero attached hydrogens (tertiary/aromatic N) is 4. The largest absolute Gasteiger partial charge is 0.478 e. The average Bonchev–Trinajstić information content (AvgIpc) is 3.04. The second-order valence-electron chi connectivity index (χ2n) is 9.12. The molecular weight excluding hydrogens is 424 g/mol. The molecule has 2 aliphatic rings. The number of aryl methyl sites for hydroxylation is 2. The monoisotopic (exact) mass is 456 g/mol. The van der Waals surface area contributed by atoms with Crippen LogP contribution in [0.3, 0.4) is 0 Å². The van der Waals surface area contributed by atoms with E-state index in [0.717, 1.165) is 65.0 Å². The van der Waals surface area contributed by atoms with E-state index in [1.165, 1.54) is 22.5 Å². The summed E-state index contributed by atoms with van der Waals surface area (Å²) in [5.74, 6) is -0.324. The van der Waals surface area contributed by atoms with Crippen LogP contribution in [0, 0.1) is 0 Å². The Morgan fingerprint density at radius 2 is 1.41 bits per heavy atom. The number of hydrogen-bond acceptors (Lipinski definition) is 5. The van der Waals surface area contributed by atoms with Crippen LogP contribution in [0.15, 0.2) is 66.9 Å². The number of fused-ring (bicyclic) bond motifs is 2. The fourth-order valence-corrected chi connectivity index (χ4v) is 5.22. The molecule has 1 fully saturated rings. The maximum absolute atomic E-state index is 11.5. The summed E-state index contributed by atoms with van der Waals surface area (Å²) in [7, 11) is 0. The van der Waals surface area contributed by atoms with E-state index in [-0.39, 0.29) is 5.56 Å². The second kappa shape index (κ2) is 10.3. The maximum atomic E-state index is 11.5. The van der Waals surface area contributed by atoms with E-state index in [2.05, 4.69) is 68.2 Å². The Hall–Kier alpha value is -3.38. The number of aromatic carboxylic acids is 1. The van der Waals surface area contributed by atoms with Crippen molar-refractivity contribution >= 4 is 23.2 Å². The summed E-state index contributed by atoms with van der Waals surface area (Å²) in [5, 5.41) is 9.46. The lowest BCUT2D eigenvalue weighted by molar-refractivity contribution is 0.0697. The van der Waals surface area contributed by atoms with Crippen LogP contribution in [0.25, 0.3) is 0 Å². The maximum Gasteiger partial charge on any atom is 0.339 e. The first-order valence-corrected chi connectivity index (χ1v) is 12.3. The predicted molar refractivity (Wildman–Crippen MR) is 136 cm³/mol. The number of hydrogen-bond donors (Lipinski definition) is 1. The second-order valence-corrected chi connectivity index (χ2v) is 9.12. The molecule has 6 nitrogen and oxygen atoms in total. The zero-order valence-electron chi connectivity index (χ0n) is 19.6. The number of carboxylic acid groups (broad SMARTS) is 1. The minimum atomic E-state index is -0.915. The van der Waals surface area contributed by atoms with Crippen molar-refractivity contribution in [2.75, 3.05) is 49.1 Å². The SMILES string of the molecule is O=C(O)c1cccnc1N1CCN(CCCCN2c3ccccc3CCc3ccccc32)CC1. The van der Waals surface area contributed by atoms with E-state index in [9.17, 15) is 9.90 Å². The Kier molecular flexibility index (Phi) is 6.77. The number of benzene rings is 2. The van der Waals surface area contributed by atoms with Gasteiger partial charge in [0.2, 0.25) is 0 Å². The lowest BCUT2D eigenvalue weighted by Crippen LogP contribution is -2.47. The third-order valence-electron chi connectivity index (χ3n) is 7.02. The average molecular weight is 457 g/mol. The summed E-state index contributed by atoms with van der Waals surface area (Å²) in [6, 6.07) is 21.0. The number of rotatable bonds is 7. The lowest BCUT2D eigenvalue weighted by Gasteiger charge is -2.36. The molecule has 1 saturated heterocycles. The molecule has 1 N–H and O–H groups in total. The van der Waals surface area contributed by atoms with Crippen molar-refractivity contribution < 1.29 is 9.90 Å². The normalized spacial score (nSPS) is 16.0. The van der Waals surface area contributed by atoms with Crippen LogP contribution >= 0.6 is 0 Å². The molecule has 1 aromatic heterocycles. The zero-order chi connectivity index (χ0) is 23.3. The van der Waals surface area contributed by atoms with Gasteiger partial charge in [0.05, 0.1) is 0 Å². The minimum absolute atomic E-state index is 0.286. The van der Waals surface area contributed by atoms with Crippen molar-refractivity contribution in [2.45, 2.75) is 25.7 Å². The zero-order valence-corrected chi connectivity index (χ0v) is 19.6. The van der Waals surface area contributed by atoms with Crippen molar-refractivity contribution in [1.29, 1.82) is 0 Å². The van der Waals surface area contributed by atoms with Crippen LogP contribution in [0.2, 0.25) is 0 Å². The van der Waals surface area contributed by atoms with Gasteiger partial charge < -0.3 is 14.9 Å². The van der Waals surface area contributed by atoms with Gasteiger partial charge in [0.1, 0.15) is 11.4 Å². The smallest absolute Gasteiger partial charge is 0.339 e. The van der Waals surface area contributed by atoms with Gasteiger partial charge in [-0.05, 0) is 67.6 Å². The van der Waals surface area contributed by atoms with Gasteiger partial charge in [-0.15, -0.1) is 0 Å². The number of carboxylic acids is 1. The molecule has 0 radical (unpaired) electrons. The Morgan fingerprint density at radius 3 is 2.06 bits per heavy atom. The van der Waals surface area contributed by atoms with Gasteiger partial charge >= 0.3 is 5.97 Å². The quantitative estimate of drug-likeness (QED) is 0.524. The summed E-state index contributed by atoms with van der Waals surface area (Å²) in [6.07, 6.45) is 6.13. The molecule has 2 aliphatic heterocycles. The van der Waals surface area contributed by atoms with Gasteiger partial charge in [-0.3, -0.25) is 4.90 Å². The van der Waals surface area contributed by atoms with Crippen molar-refractivity contribution in [3.05, 3.63) is 83.6 Å². The molecule has 3 aromatic rings. The molecule has 0 spiro atoms. The molecule has 3 heterocycles. The summed E-state index contributed by atoms with van der Waals surface area (Å²) in [5.41, 5.74) is 5.86. The topological polar surface area (TPSA) is 59.9 Å². The first-order valence-electron chi connectivity index (χ1n) is 12.3. The van der Waals surface area contributed by atoms with Crippen LogP contribution in [0.5, 0.6) is 0 Å². The van der Waals surface area contributed by atoms with Crippen molar-refractivity contribution in [3.63, 3.8) is 0 Å². The Bertz CT molecular complexity index is 1090. The summed E-state index contributed by atoms with van der Waals surface area (Å²) < 4.78 is 0. The van der Waals surface area contributed by atoms with E-state index in [4.69, 9.17) is 0 Å². The van der Waals surface area contributed by atoms with Gasteiger partial charge in [0.15, 0.2) is 0 Å². The lowest BCUT2D eigenvalue weighted by atomic mass is 10.0. The van der Waals surface area contributed by atoms with Gasteiger partial charge in [-0.2, -0.15) is 0 Å². The highest BCUT2D eigenvalue weighted by molar-refractivity contribution is 5.93. The van der Waals surface area contributed by atoms with E-state index < -0.39 is 5.97 Å². The van der Waals surface area contributed by atoms with Crippen LogP contribution in [0.4, 0.5) is 17.2 Å². The van der Waals surface area contributed by atoms with Crippen LogP contribution in [-0.4, -0.2) is 60.2 Å². The number of unbranched alkanes of at least 4 members (excludes halogenated alkanes) is 1. The molecule has 0 unspecified atom stereocenters. The number of pyridine rings is 1. The van der Waals surface area contributed by atoms with E-state index in [0.29, 0.717) is 5.82 Å². The van der Waals surface area contributed by atoms with Gasteiger partial charge in [-0.25, -0.2) is 9.78 Å². The first kappa shape index (κ1) is 22.4. The fourth-order valence-electron chi connectivity index (χ4n) is 5.22. The molecule has 176 valence electrons. The van der Waals surface area contributed by atoms with Crippen molar-refractivity contribution in [2.24, 2.45) is 0 Å². The molecule has 0 amide bonds. The standard InChI is InChI=1S/C28H32N4O2/c33-28(34)24-10-7-15-29-27(24)31-20-18-30(19-21-31)16-5-6-17-32-25-11-3-1-8-22(25)13-14-23-9-2-4-12-26(23)32/h1-4,7-12,15H,5-6,13-14,16-21H2,(H,33,34). The molecule has 0 aliphatic carbocycles. The Morgan fingerprint density at radius 1 is 0.794 bits per heavy atom. The third-order valence-corrected chi connectivity index (χ3v) is 7.02. The first-order chi connectivity index (χ1) is 16.7. The predicted octanol–water partition coefficient (Wildman–Crippen LogP) is 4.62. The summed E-state index contributed by atoms with van der Waals surface area (Å²) >= 11 is 0. The van der Waals surface area contributed by atoms with E-state index in [1.54, 1.807) is 18.3 Å². The molecular formula is C28H32N4O2. The Balaban J connectivity index is 1.16. The van der Waals surface area contributed by atoms with Gasteiger partial charge in [0, 0.05) is 50.3 Å². The summed E-state index contributed by atoms with van der Waals surface area (Å²) in [6.45, 7) is 5.58. The Labute approximate surface area is 201 Å². The molecule has 0 bridgehead atoms. The van der Waals surface area contributed by atoms with Gasteiger partial charge in [0.25, 0.3) is 0 Å². The summed E-state index contributed by atoms with van der Waals surface area (Å²) in [4.78, 5) is 23.0.